The smallest absolute Gasteiger partial charge is 0.337 e. The number of amides is 1. The first kappa shape index (κ1) is 11.9. The number of benzene rings is 1. The van der Waals surface area contributed by atoms with Gasteiger partial charge >= 0.3 is 5.97 Å². The lowest BCUT2D eigenvalue weighted by atomic mass is 10.2. The minimum absolute atomic E-state index is 0.0473. The van der Waals surface area contributed by atoms with Crippen LogP contribution in [0.4, 0.5) is 5.69 Å². The Morgan fingerprint density at radius 3 is 2.71 bits per heavy atom. The fourth-order valence-corrected chi connectivity index (χ4v) is 1.61. The normalized spacial score (nSPS) is 14.2. The van der Waals surface area contributed by atoms with Crippen molar-refractivity contribution in [1.82, 2.24) is 0 Å². The summed E-state index contributed by atoms with van der Waals surface area (Å²) in [6, 6.07) is 4.64. The van der Waals surface area contributed by atoms with E-state index in [-0.39, 0.29) is 11.8 Å². The van der Waals surface area contributed by atoms with Gasteiger partial charge in [-0.3, -0.25) is 4.79 Å². The third-order valence-electron chi connectivity index (χ3n) is 2.59. The highest BCUT2D eigenvalue weighted by Gasteiger charge is 2.30. The lowest BCUT2D eigenvalue weighted by Gasteiger charge is -2.08. The summed E-state index contributed by atoms with van der Waals surface area (Å²) in [7, 11) is 1.30. The molecule has 0 spiro atoms. The van der Waals surface area contributed by atoms with E-state index in [9.17, 15) is 9.59 Å². The number of anilines is 1. The number of esters is 1. The highest BCUT2D eigenvalue weighted by molar-refractivity contribution is 6.33. The van der Waals surface area contributed by atoms with Gasteiger partial charge in [0.05, 0.1) is 23.4 Å². The van der Waals surface area contributed by atoms with Crippen LogP contribution >= 0.6 is 11.6 Å². The van der Waals surface area contributed by atoms with E-state index in [4.69, 9.17) is 11.6 Å². The zero-order chi connectivity index (χ0) is 12.4. The zero-order valence-electron chi connectivity index (χ0n) is 9.33. The van der Waals surface area contributed by atoms with E-state index in [2.05, 4.69) is 10.1 Å². The van der Waals surface area contributed by atoms with Crippen LogP contribution in [-0.4, -0.2) is 19.0 Å². The number of carbonyl (C=O) groups is 2. The van der Waals surface area contributed by atoms with Gasteiger partial charge < -0.3 is 10.1 Å². The Kier molecular flexibility index (Phi) is 3.33. The van der Waals surface area contributed by atoms with Gasteiger partial charge in [-0.15, -0.1) is 0 Å². The summed E-state index contributed by atoms with van der Waals surface area (Å²) in [6.07, 6.45) is 1.83. The number of methoxy groups -OCH3 is 1. The van der Waals surface area contributed by atoms with Crippen LogP contribution in [-0.2, 0) is 9.53 Å². The number of halogens is 1. The SMILES string of the molecule is COC(=O)c1ccc(Cl)c(NC(=O)C2CC2)c1. The molecule has 1 aromatic carbocycles. The van der Waals surface area contributed by atoms with Crippen molar-refractivity contribution in [3.8, 4) is 0 Å². The average Bonchev–Trinajstić information content (AvgIpc) is 3.14. The van der Waals surface area contributed by atoms with Crippen molar-refractivity contribution in [2.45, 2.75) is 12.8 Å². The summed E-state index contributed by atoms with van der Waals surface area (Å²) < 4.78 is 4.60. The van der Waals surface area contributed by atoms with Gasteiger partial charge in [-0.2, -0.15) is 0 Å². The number of nitrogens with one attached hydrogen (secondary N) is 1. The van der Waals surface area contributed by atoms with Crippen molar-refractivity contribution in [2.24, 2.45) is 5.92 Å². The predicted octanol–water partition coefficient (Wildman–Crippen LogP) is 2.48. The van der Waals surface area contributed by atoms with E-state index < -0.39 is 5.97 Å². The molecular weight excluding hydrogens is 242 g/mol. The van der Waals surface area contributed by atoms with Crippen molar-refractivity contribution in [2.75, 3.05) is 12.4 Å². The summed E-state index contributed by atoms with van der Waals surface area (Å²) in [5.74, 6) is -0.412. The van der Waals surface area contributed by atoms with Crippen LogP contribution in [0.3, 0.4) is 0 Å². The zero-order valence-corrected chi connectivity index (χ0v) is 10.1. The Hall–Kier alpha value is -1.55. The Bertz CT molecular complexity index is 469. The van der Waals surface area contributed by atoms with E-state index >= 15 is 0 Å². The van der Waals surface area contributed by atoms with Gasteiger partial charge in [0.15, 0.2) is 0 Å². The van der Waals surface area contributed by atoms with E-state index in [0.29, 0.717) is 16.3 Å². The molecule has 0 bridgehead atoms. The third-order valence-corrected chi connectivity index (χ3v) is 2.92. The highest BCUT2D eigenvalue weighted by atomic mass is 35.5. The molecular formula is C12H12ClNO3. The number of hydrogen-bond acceptors (Lipinski definition) is 3. The molecule has 0 atom stereocenters. The topological polar surface area (TPSA) is 55.4 Å². The number of carbonyl (C=O) groups excluding carboxylic acids is 2. The van der Waals surface area contributed by atoms with Crippen molar-refractivity contribution in [3.63, 3.8) is 0 Å². The minimum Gasteiger partial charge on any atom is -0.465 e. The summed E-state index contributed by atoms with van der Waals surface area (Å²) in [4.78, 5) is 22.9. The quantitative estimate of drug-likeness (QED) is 0.842. The molecule has 0 unspecified atom stereocenters. The first-order chi connectivity index (χ1) is 8.11. The standard InChI is InChI=1S/C12H12ClNO3/c1-17-12(16)8-4-5-9(13)10(6-8)14-11(15)7-2-3-7/h4-7H,2-3H2,1H3,(H,14,15). The molecule has 17 heavy (non-hydrogen) atoms. The Morgan fingerprint density at radius 2 is 2.12 bits per heavy atom. The van der Waals surface area contributed by atoms with Crippen molar-refractivity contribution < 1.29 is 14.3 Å². The summed E-state index contributed by atoms with van der Waals surface area (Å²) >= 11 is 5.95. The summed E-state index contributed by atoms with van der Waals surface area (Å²) in [5.41, 5.74) is 0.814. The number of hydrogen-bond donors (Lipinski definition) is 1. The molecule has 0 radical (unpaired) electrons. The molecule has 2 rings (SSSR count). The van der Waals surface area contributed by atoms with Crippen LogP contribution in [0.25, 0.3) is 0 Å². The Balaban J connectivity index is 2.19. The van der Waals surface area contributed by atoms with Gasteiger partial charge in [0.1, 0.15) is 0 Å². The fraction of sp³-hybridized carbons (Fsp3) is 0.333. The van der Waals surface area contributed by atoms with E-state index in [1.54, 1.807) is 12.1 Å². The molecule has 5 heteroatoms. The van der Waals surface area contributed by atoms with Gasteiger partial charge in [-0.05, 0) is 31.0 Å². The van der Waals surface area contributed by atoms with Crippen LogP contribution in [0.1, 0.15) is 23.2 Å². The second-order valence-electron chi connectivity index (χ2n) is 3.95. The second-order valence-corrected chi connectivity index (χ2v) is 4.36. The van der Waals surface area contributed by atoms with Crippen molar-refractivity contribution in [3.05, 3.63) is 28.8 Å². The monoisotopic (exact) mass is 253 g/mol. The number of ether oxygens (including phenoxy) is 1. The molecule has 1 aromatic rings. The fourth-order valence-electron chi connectivity index (χ4n) is 1.45. The largest absolute Gasteiger partial charge is 0.465 e. The molecule has 1 aliphatic carbocycles. The molecule has 4 nitrogen and oxygen atoms in total. The van der Waals surface area contributed by atoms with Crippen LogP contribution < -0.4 is 5.32 Å². The van der Waals surface area contributed by atoms with Crippen LogP contribution in [0.5, 0.6) is 0 Å². The van der Waals surface area contributed by atoms with E-state index in [1.807, 2.05) is 0 Å². The highest BCUT2D eigenvalue weighted by Crippen LogP contribution is 2.31. The molecule has 1 amide bonds. The van der Waals surface area contributed by atoms with E-state index in [0.717, 1.165) is 12.8 Å². The Labute approximate surface area is 104 Å². The Morgan fingerprint density at radius 1 is 1.41 bits per heavy atom. The van der Waals surface area contributed by atoms with Crippen LogP contribution in [0, 0.1) is 5.92 Å². The third kappa shape index (κ3) is 2.77. The average molecular weight is 254 g/mol. The molecule has 0 aliphatic heterocycles. The maximum Gasteiger partial charge on any atom is 0.337 e. The first-order valence-corrected chi connectivity index (χ1v) is 5.68. The lowest BCUT2D eigenvalue weighted by Crippen LogP contribution is -2.14. The van der Waals surface area contributed by atoms with E-state index in [1.165, 1.54) is 13.2 Å². The molecule has 1 fully saturated rings. The molecule has 1 aliphatic rings. The van der Waals surface area contributed by atoms with Crippen LogP contribution in [0.2, 0.25) is 5.02 Å². The maximum absolute atomic E-state index is 11.6. The molecule has 0 saturated heterocycles. The minimum atomic E-state index is -0.455. The second kappa shape index (κ2) is 4.75. The first-order valence-electron chi connectivity index (χ1n) is 5.30. The van der Waals surface area contributed by atoms with Gasteiger partial charge in [0.25, 0.3) is 0 Å². The van der Waals surface area contributed by atoms with Gasteiger partial charge in [-0.1, -0.05) is 11.6 Å². The predicted molar refractivity (Wildman–Crippen MR) is 64.1 cm³/mol. The summed E-state index contributed by atoms with van der Waals surface area (Å²) in [6.45, 7) is 0. The summed E-state index contributed by atoms with van der Waals surface area (Å²) in [5, 5.41) is 3.12. The molecule has 1 saturated carbocycles. The van der Waals surface area contributed by atoms with Crippen LogP contribution in [0.15, 0.2) is 18.2 Å². The van der Waals surface area contributed by atoms with Gasteiger partial charge in [0, 0.05) is 5.92 Å². The molecule has 1 N–H and O–H groups in total. The molecule has 0 aromatic heterocycles. The van der Waals surface area contributed by atoms with Gasteiger partial charge in [-0.25, -0.2) is 4.79 Å². The van der Waals surface area contributed by atoms with Gasteiger partial charge in [0.2, 0.25) is 5.91 Å². The maximum atomic E-state index is 11.6. The van der Waals surface area contributed by atoms with Crippen molar-refractivity contribution in [1.29, 1.82) is 0 Å². The van der Waals surface area contributed by atoms with Crippen molar-refractivity contribution >= 4 is 29.2 Å². The lowest BCUT2D eigenvalue weighted by molar-refractivity contribution is -0.117. The molecule has 0 heterocycles. The molecule has 90 valence electrons. The number of rotatable bonds is 3.